The third-order valence-electron chi connectivity index (χ3n) is 13.8. The Hall–Kier alpha value is -1.59. The fourth-order valence-electron chi connectivity index (χ4n) is 8.97. The van der Waals surface area contributed by atoms with Crippen LogP contribution in [-0.2, 0) is 28.6 Å². The van der Waals surface area contributed by atoms with E-state index < -0.39 is 6.10 Å². The molecule has 0 aromatic heterocycles. The molecule has 0 bridgehead atoms. The van der Waals surface area contributed by atoms with Crippen LogP contribution in [0, 0.1) is 17.8 Å². The van der Waals surface area contributed by atoms with Crippen LogP contribution in [0.2, 0.25) is 0 Å². The van der Waals surface area contributed by atoms with Crippen LogP contribution < -0.4 is 0 Å². The first-order valence-electron chi connectivity index (χ1n) is 29.1. The number of rotatable bonds is 52. The van der Waals surface area contributed by atoms with Crippen LogP contribution in [0.5, 0.6) is 0 Å². The van der Waals surface area contributed by atoms with Crippen molar-refractivity contribution in [1.29, 1.82) is 0 Å². The number of hydrogen-bond donors (Lipinski definition) is 0. The number of esters is 3. The molecule has 0 saturated carbocycles. The Bertz CT molecular complexity index is 1010. The number of carbonyl (C=O) groups excluding carboxylic acids is 3. The van der Waals surface area contributed by atoms with Crippen molar-refractivity contribution in [1.82, 2.24) is 0 Å². The van der Waals surface area contributed by atoms with Crippen LogP contribution in [0.15, 0.2) is 0 Å². The first-order valence-corrected chi connectivity index (χ1v) is 29.1. The van der Waals surface area contributed by atoms with Gasteiger partial charge in [0, 0.05) is 19.3 Å². The minimum atomic E-state index is -0.764. The summed E-state index contributed by atoms with van der Waals surface area (Å²) in [5.74, 6) is 1.69. The quantitative estimate of drug-likeness (QED) is 0.0344. The molecule has 0 aromatic rings. The van der Waals surface area contributed by atoms with Crippen LogP contribution in [0.3, 0.4) is 0 Å². The topological polar surface area (TPSA) is 78.9 Å². The highest BCUT2D eigenvalue weighted by atomic mass is 16.6. The maximum atomic E-state index is 12.8. The average molecular weight is 920 g/mol. The Morgan fingerprint density at radius 2 is 0.538 bits per heavy atom. The molecular formula is C59H114O6. The van der Waals surface area contributed by atoms with Gasteiger partial charge in [0.2, 0.25) is 0 Å². The lowest BCUT2D eigenvalue weighted by Crippen LogP contribution is -2.30. The Morgan fingerprint density at radius 3 is 0.800 bits per heavy atom. The summed E-state index contributed by atoms with van der Waals surface area (Å²) < 4.78 is 16.9. The molecule has 6 heteroatoms. The summed E-state index contributed by atoms with van der Waals surface area (Å²) in [6, 6.07) is 0. The third-order valence-corrected chi connectivity index (χ3v) is 13.8. The highest BCUT2D eigenvalue weighted by Crippen LogP contribution is 2.19. The molecule has 0 aliphatic rings. The third kappa shape index (κ3) is 51.6. The van der Waals surface area contributed by atoms with Gasteiger partial charge in [-0.25, -0.2) is 0 Å². The van der Waals surface area contributed by atoms with Gasteiger partial charge in [-0.3, -0.25) is 14.4 Å². The van der Waals surface area contributed by atoms with Crippen molar-refractivity contribution in [2.75, 3.05) is 13.2 Å². The molecule has 65 heavy (non-hydrogen) atoms. The average Bonchev–Trinajstić information content (AvgIpc) is 3.28. The number of hydrogen-bond acceptors (Lipinski definition) is 6. The second-order valence-electron chi connectivity index (χ2n) is 21.5. The van der Waals surface area contributed by atoms with E-state index in [2.05, 4.69) is 41.5 Å². The van der Waals surface area contributed by atoms with Crippen molar-refractivity contribution in [3.8, 4) is 0 Å². The van der Waals surface area contributed by atoms with Crippen molar-refractivity contribution >= 4 is 17.9 Å². The molecular weight excluding hydrogens is 805 g/mol. The molecule has 0 radical (unpaired) electrons. The second kappa shape index (κ2) is 50.3. The monoisotopic (exact) mass is 919 g/mol. The summed E-state index contributed by atoms with van der Waals surface area (Å²) in [5, 5.41) is 0. The molecule has 386 valence electrons. The Balaban J connectivity index is 4.28. The van der Waals surface area contributed by atoms with E-state index in [9.17, 15) is 14.4 Å². The number of unbranched alkanes of at least 4 members (excludes halogenated alkanes) is 34. The largest absolute Gasteiger partial charge is 0.462 e. The van der Waals surface area contributed by atoms with Gasteiger partial charge in [0.15, 0.2) is 6.10 Å². The molecule has 0 aromatic carbocycles. The molecule has 0 spiro atoms. The molecule has 0 aliphatic carbocycles. The van der Waals surface area contributed by atoms with E-state index >= 15 is 0 Å². The molecule has 0 fully saturated rings. The van der Waals surface area contributed by atoms with Crippen LogP contribution in [-0.4, -0.2) is 37.2 Å². The number of ether oxygens (including phenoxy) is 3. The van der Waals surface area contributed by atoms with Gasteiger partial charge in [-0.1, -0.05) is 286 Å². The summed E-state index contributed by atoms with van der Waals surface area (Å²) in [6.07, 6.45) is 52.3. The van der Waals surface area contributed by atoms with E-state index in [-0.39, 0.29) is 31.1 Å². The molecule has 0 saturated heterocycles. The molecule has 0 heterocycles. The standard InChI is InChI=1S/C59H114O6/c1-7-55(6)47-41-35-29-25-26-31-37-43-49-58(61)64-52-56(65-59(62)50-44-38-32-24-20-16-12-14-18-22-28-34-40-46-54(4)5)51-63-57(60)48-42-36-30-23-19-15-11-9-8-10-13-17-21-27-33-39-45-53(2)3/h53-56H,7-52H2,1-6H3/t55?,56-/m0/s1. The first-order chi connectivity index (χ1) is 31.6. The van der Waals surface area contributed by atoms with Crippen LogP contribution in [0.25, 0.3) is 0 Å². The zero-order chi connectivity index (χ0) is 47.7. The fraction of sp³-hybridized carbons (Fsp3) is 0.949. The Morgan fingerprint density at radius 1 is 0.308 bits per heavy atom. The second-order valence-corrected chi connectivity index (χ2v) is 21.5. The van der Waals surface area contributed by atoms with Gasteiger partial charge in [-0.15, -0.1) is 0 Å². The lowest BCUT2D eigenvalue weighted by Gasteiger charge is -2.18. The van der Waals surface area contributed by atoms with Crippen molar-refractivity contribution in [2.45, 2.75) is 330 Å². The van der Waals surface area contributed by atoms with Crippen LogP contribution in [0.1, 0.15) is 324 Å². The Labute approximate surface area is 406 Å². The normalized spacial score (nSPS) is 12.6. The minimum Gasteiger partial charge on any atom is -0.462 e. The van der Waals surface area contributed by atoms with Gasteiger partial charge in [0.25, 0.3) is 0 Å². The summed E-state index contributed by atoms with van der Waals surface area (Å²) in [7, 11) is 0. The molecule has 2 atom stereocenters. The molecule has 0 rings (SSSR count). The number of carbonyl (C=O) groups is 3. The summed E-state index contributed by atoms with van der Waals surface area (Å²) in [5.41, 5.74) is 0. The van der Waals surface area contributed by atoms with Crippen molar-refractivity contribution < 1.29 is 28.6 Å². The van der Waals surface area contributed by atoms with Crippen molar-refractivity contribution in [2.24, 2.45) is 17.8 Å². The lowest BCUT2D eigenvalue weighted by atomic mass is 9.99. The SMILES string of the molecule is CCC(C)CCCCCCCCCCC(=O)OC[C@H](COC(=O)CCCCCCCCCCCCCCCCCCC(C)C)OC(=O)CCCCCCCCCCCCCCCC(C)C. The van der Waals surface area contributed by atoms with Crippen molar-refractivity contribution in [3.63, 3.8) is 0 Å². The fourth-order valence-corrected chi connectivity index (χ4v) is 8.97. The van der Waals surface area contributed by atoms with E-state index in [0.717, 1.165) is 75.5 Å². The molecule has 0 amide bonds. The van der Waals surface area contributed by atoms with Crippen LogP contribution in [0.4, 0.5) is 0 Å². The predicted octanol–water partition coefficient (Wildman–Crippen LogP) is 19.1. The summed E-state index contributed by atoms with van der Waals surface area (Å²) in [6.45, 7) is 13.8. The zero-order valence-corrected chi connectivity index (χ0v) is 44.8. The van der Waals surface area contributed by atoms with E-state index in [4.69, 9.17) is 14.2 Å². The van der Waals surface area contributed by atoms with Gasteiger partial charge in [0.05, 0.1) is 0 Å². The Kier molecular flexibility index (Phi) is 49.1. The van der Waals surface area contributed by atoms with Gasteiger partial charge in [-0.05, 0) is 37.0 Å². The van der Waals surface area contributed by atoms with Gasteiger partial charge < -0.3 is 14.2 Å². The summed E-state index contributed by atoms with van der Waals surface area (Å²) >= 11 is 0. The van der Waals surface area contributed by atoms with Gasteiger partial charge in [0.1, 0.15) is 13.2 Å². The van der Waals surface area contributed by atoms with Crippen molar-refractivity contribution in [3.05, 3.63) is 0 Å². The zero-order valence-electron chi connectivity index (χ0n) is 44.8. The maximum Gasteiger partial charge on any atom is 0.306 e. The van der Waals surface area contributed by atoms with Gasteiger partial charge >= 0.3 is 17.9 Å². The smallest absolute Gasteiger partial charge is 0.306 e. The molecule has 1 unspecified atom stereocenters. The molecule has 6 nitrogen and oxygen atoms in total. The highest BCUT2D eigenvalue weighted by Gasteiger charge is 2.19. The molecule has 0 aliphatic heterocycles. The van der Waals surface area contributed by atoms with E-state index in [0.29, 0.717) is 19.3 Å². The van der Waals surface area contributed by atoms with E-state index in [1.54, 1.807) is 0 Å². The van der Waals surface area contributed by atoms with Crippen LogP contribution >= 0.6 is 0 Å². The summed E-state index contributed by atoms with van der Waals surface area (Å²) in [4.78, 5) is 38.1. The minimum absolute atomic E-state index is 0.0637. The molecule has 0 N–H and O–H groups in total. The lowest BCUT2D eigenvalue weighted by molar-refractivity contribution is -0.167. The maximum absolute atomic E-state index is 12.8. The van der Waals surface area contributed by atoms with E-state index in [1.807, 2.05) is 0 Å². The van der Waals surface area contributed by atoms with E-state index in [1.165, 1.54) is 205 Å². The van der Waals surface area contributed by atoms with Gasteiger partial charge in [-0.2, -0.15) is 0 Å². The first kappa shape index (κ1) is 63.4. The highest BCUT2D eigenvalue weighted by molar-refractivity contribution is 5.71. The predicted molar refractivity (Wildman–Crippen MR) is 279 cm³/mol.